The third kappa shape index (κ3) is 6.73. The third-order valence-electron chi connectivity index (χ3n) is 4.59. The highest BCUT2D eigenvalue weighted by Gasteiger charge is 2.36. The van der Waals surface area contributed by atoms with Gasteiger partial charge < -0.3 is 10.8 Å². The van der Waals surface area contributed by atoms with E-state index in [-0.39, 0.29) is 25.0 Å². The Labute approximate surface area is 176 Å². The number of hydrogen-bond acceptors (Lipinski definition) is 5. The van der Waals surface area contributed by atoms with Crippen LogP contribution in [0.15, 0.2) is 60.7 Å². The van der Waals surface area contributed by atoms with Gasteiger partial charge >= 0.3 is 5.97 Å². The van der Waals surface area contributed by atoms with E-state index in [4.69, 9.17) is 5.73 Å². The molecule has 2 unspecified atom stereocenters. The van der Waals surface area contributed by atoms with Crippen molar-refractivity contribution in [2.24, 2.45) is 5.73 Å². The van der Waals surface area contributed by atoms with E-state index in [0.717, 1.165) is 16.0 Å². The average Bonchev–Trinajstić information content (AvgIpc) is 2.73. The molecular formula is C22H26N2O4S. The van der Waals surface area contributed by atoms with Crippen LogP contribution in [-0.4, -0.2) is 45.6 Å². The zero-order chi connectivity index (χ0) is 21.2. The zero-order valence-electron chi connectivity index (χ0n) is 16.1. The van der Waals surface area contributed by atoms with E-state index >= 15 is 0 Å². The van der Waals surface area contributed by atoms with E-state index in [0.29, 0.717) is 6.42 Å². The molecule has 6 nitrogen and oxygen atoms in total. The number of benzene rings is 2. The molecule has 2 rings (SSSR count). The molecule has 2 aromatic carbocycles. The van der Waals surface area contributed by atoms with Crippen LogP contribution in [0.3, 0.4) is 0 Å². The van der Waals surface area contributed by atoms with Crippen LogP contribution in [0.1, 0.15) is 24.0 Å². The molecule has 0 aliphatic rings. The Morgan fingerprint density at radius 1 is 0.966 bits per heavy atom. The minimum absolute atomic E-state index is 0.0180. The Morgan fingerprint density at radius 2 is 1.52 bits per heavy atom. The summed E-state index contributed by atoms with van der Waals surface area (Å²) in [6, 6.07) is 16.2. The van der Waals surface area contributed by atoms with Crippen molar-refractivity contribution < 1.29 is 19.5 Å². The molecule has 2 aromatic rings. The van der Waals surface area contributed by atoms with Gasteiger partial charge in [0.05, 0.1) is 6.04 Å². The lowest BCUT2D eigenvalue weighted by atomic mass is 10.0. The minimum Gasteiger partial charge on any atom is -0.480 e. The van der Waals surface area contributed by atoms with Gasteiger partial charge in [-0.3, -0.25) is 14.5 Å². The van der Waals surface area contributed by atoms with E-state index in [1.54, 1.807) is 0 Å². The minimum atomic E-state index is -1.29. The first-order chi connectivity index (χ1) is 13.9. The van der Waals surface area contributed by atoms with Crippen molar-refractivity contribution in [3.63, 3.8) is 0 Å². The molecule has 0 saturated carbocycles. The number of amides is 2. The summed E-state index contributed by atoms with van der Waals surface area (Å²) in [5, 5.41) is 9.61. The fourth-order valence-electron chi connectivity index (χ4n) is 3.09. The van der Waals surface area contributed by atoms with Crippen molar-refractivity contribution in [1.82, 2.24) is 4.90 Å². The van der Waals surface area contributed by atoms with Crippen LogP contribution >= 0.6 is 12.6 Å². The number of hydrogen-bond donors (Lipinski definition) is 3. The maximum Gasteiger partial charge on any atom is 0.326 e. The number of carbonyl (C=O) groups excluding carboxylic acids is 2. The van der Waals surface area contributed by atoms with Gasteiger partial charge in [-0.05, 0) is 36.1 Å². The van der Waals surface area contributed by atoms with Crippen molar-refractivity contribution in [2.75, 3.05) is 5.75 Å². The highest BCUT2D eigenvalue weighted by molar-refractivity contribution is 7.80. The maximum absolute atomic E-state index is 13.0. The Balaban J connectivity index is 2.19. The van der Waals surface area contributed by atoms with Crippen LogP contribution in [0, 0.1) is 0 Å². The number of carboxylic acids is 1. The normalized spacial score (nSPS) is 12.8. The number of carboxylic acid groups (broad SMARTS) is 1. The summed E-state index contributed by atoms with van der Waals surface area (Å²) in [6.07, 6.45) is 0.698. The Bertz CT molecular complexity index is 814. The van der Waals surface area contributed by atoms with Gasteiger partial charge in [-0.25, -0.2) is 4.79 Å². The lowest BCUT2D eigenvalue weighted by Crippen LogP contribution is -2.55. The van der Waals surface area contributed by atoms with Crippen LogP contribution in [0.25, 0.3) is 0 Å². The molecule has 7 heteroatoms. The second-order valence-electron chi connectivity index (χ2n) is 6.75. The standard InChI is InChI=1S/C22H26N2O4S/c23-18(15-17-9-5-2-6-10-17)21(26)24(19(13-14-29)22(27)28)20(25)12-11-16-7-3-1-4-8-16/h1-10,18-19,29H,11-15,23H2,(H,27,28). The van der Waals surface area contributed by atoms with Crippen molar-refractivity contribution in [3.8, 4) is 0 Å². The van der Waals surface area contributed by atoms with Gasteiger partial charge in [-0.15, -0.1) is 0 Å². The van der Waals surface area contributed by atoms with E-state index in [1.807, 2.05) is 60.7 Å². The first-order valence-electron chi connectivity index (χ1n) is 9.47. The zero-order valence-corrected chi connectivity index (χ0v) is 17.0. The van der Waals surface area contributed by atoms with Crippen molar-refractivity contribution in [1.29, 1.82) is 0 Å². The molecule has 0 spiro atoms. The first kappa shape index (κ1) is 22.6. The molecule has 0 aliphatic carbocycles. The van der Waals surface area contributed by atoms with Crippen molar-refractivity contribution >= 4 is 30.4 Å². The van der Waals surface area contributed by atoms with Gasteiger partial charge in [0.1, 0.15) is 6.04 Å². The summed E-state index contributed by atoms with van der Waals surface area (Å²) < 4.78 is 0. The molecule has 0 radical (unpaired) electrons. The van der Waals surface area contributed by atoms with Gasteiger partial charge in [0, 0.05) is 6.42 Å². The monoisotopic (exact) mass is 414 g/mol. The summed E-state index contributed by atoms with van der Waals surface area (Å²) in [4.78, 5) is 38.5. The fourth-order valence-corrected chi connectivity index (χ4v) is 3.33. The predicted octanol–water partition coefficient (Wildman–Crippen LogP) is 2.32. The number of nitrogens with zero attached hydrogens (tertiary/aromatic N) is 1. The number of imide groups is 1. The molecule has 0 saturated heterocycles. The van der Waals surface area contributed by atoms with Crippen LogP contribution in [0.2, 0.25) is 0 Å². The van der Waals surface area contributed by atoms with Crippen LogP contribution < -0.4 is 5.73 Å². The van der Waals surface area contributed by atoms with Crippen molar-refractivity contribution in [2.45, 2.75) is 37.8 Å². The van der Waals surface area contributed by atoms with Gasteiger partial charge in [-0.2, -0.15) is 12.6 Å². The number of aryl methyl sites for hydroxylation is 1. The molecule has 3 N–H and O–H groups in total. The topological polar surface area (TPSA) is 101 Å². The third-order valence-corrected chi connectivity index (χ3v) is 4.85. The number of nitrogens with two attached hydrogens (primary N) is 1. The van der Waals surface area contributed by atoms with Crippen LogP contribution in [0.5, 0.6) is 0 Å². The molecule has 0 bridgehead atoms. The lowest BCUT2D eigenvalue weighted by Gasteiger charge is -2.29. The largest absolute Gasteiger partial charge is 0.480 e. The van der Waals surface area contributed by atoms with E-state index in [1.165, 1.54) is 0 Å². The first-order valence-corrected chi connectivity index (χ1v) is 10.1. The summed E-state index contributed by atoms with van der Waals surface area (Å²) >= 11 is 4.08. The molecule has 29 heavy (non-hydrogen) atoms. The second-order valence-corrected chi connectivity index (χ2v) is 7.20. The molecular weight excluding hydrogens is 388 g/mol. The van der Waals surface area contributed by atoms with Gasteiger partial charge in [0.2, 0.25) is 11.8 Å². The summed E-state index contributed by atoms with van der Waals surface area (Å²) in [5.41, 5.74) is 7.85. The molecule has 154 valence electrons. The fraction of sp³-hybridized carbons (Fsp3) is 0.318. The highest BCUT2D eigenvalue weighted by Crippen LogP contribution is 2.14. The average molecular weight is 415 g/mol. The van der Waals surface area contributed by atoms with E-state index in [9.17, 15) is 19.5 Å². The smallest absolute Gasteiger partial charge is 0.326 e. The molecule has 0 heterocycles. The van der Waals surface area contributed by atoms with Crippen molar-refractivity contribution in [3.05, 3.63) is 71.8 Å². The highest BCUT2D eigenvalue weighted by atomic mass is 32.1. The maximum atomic E-state index is 13.0. The molecule has 0 aromatic heterocycles. The summed E-state index contributed by atoms with van der Waals surface area (Å²) in [7, 11) is 0. The Kier molecular flexibility index (Phi) is 8.89. The van der Waals surface area contributed by atoms with Gasteiger partial charge in [0.25, 0.3) is 0 Å². The van der Waals surface area contributed by atoms with Crippen LogP contribution in [0.4, 0.5) is 0 Å². The molecule has 0 aliphatic heterocycles. The Morgan fingerprint density at radius 3 is 2.03 bits per heavy atom. The lowest BCUT2D eigenvalue weighted by molar-refractivity contribution is -0.158. The van der Waals surface area contributed by atoms with E-state index in [2.05, 4.69) is 12.6 Å². The van der Waals surface area contributed by atoms with Gasteiger partial charge in [-0.1, -0.05) is 60.7 Å². The molecule has 0 fully saturated rings. The predicted molar refractivity (Wildman–Crippen MR) is 115 cm³/mol. The number of aliphatic carboxylic acids is 1. The van der Waals surface area contributed by atoms with Crippen LogP contribution in [-0.2, 0) is 27.2 Å². The summed E-state index contributed by atoms with van der Waals surface area (Å²) in [5.74, 6) is -2.24. The van der Waals surface area contributed by atoms with E-state index < -0.39 is 29.9 Å². The Hall–Kier alpha value is -2.64. The molecule has 2 amide bonds. The quantitative estimate of drug-likeness (QED) is 0.518. The van der Waals surface area contributed by atoms with Gasteiger partial charge in [0.15, 0.2) is 0 Å². The number of thiol groups is 1. The second kappa shape index (κ2) is 11.4. The summed E-state index contributed by atoms with van der Waals surface area (Å²) in [6.45, 7) is 0. The molecule has 2 atom stereocenters. The number of carbonyl (C=O) groups is 3. The SMILES string of the molecule is NC(Cc1ccccc1)C(=O)N(C(=O)CCc1ccccc1)C(CCS)C(=O)O. The number of rotatable bonds is 10.